The van der Waals surface area contributed by atoms with Crippen molar-refractivity contribution < 1.29 is 9.94 Å². The molecule has 1 N–H and O–H groups in total. The van der Waals surface area contributed by atoms with E-state index >= 15 is 0 Å². The molecule has 0 aliphatic carbocycles. The number of fused-ring (bicyclic) bond motifs is 1. The van der Waals surface area contributed by atoms with Gasteiger partial charge in [0.1, 0.15) is 5.75 Å². The van der Waals surface area contributed by atoms with Crippen molar-refractivity contribution in [2.45, 2.75) is 6.92 Å². The molecule has 4 heteroatoms. The summed E-state index contributed by atoms with van der Waals surface area (Å²) in [6.07, 6.45) is 0. The number of thiophene rings is 1. The number of hydrogen-bond donors (Lipinski definition) is 1. The normalized spacial score (nSPS) is 12.0. The molecule has 0 amide bonds. The number of ether oxygens (including phenoxy) is 1. The van der Waals surface area contributed by atoms with Crippen LogP contribution in [0, 0.1) is 0 Å². The second-order valence-electron chi connectivity index (χ2n) is 3.16. The standard InChI is InChI=1S/C11H11NO2S/c1-7(12-13)8-3-4-10(14-2)9-5-6-15-11(8)9/h3-6,13H,1-2H3. The highest BCUT2D eigenvalue weighted by Crippen LogP contribution is 2.32. The van der Waals surface area contributed by atoms with Crippen LogP contribution in [0.3, 0.4) is 0 Å². The Kier molecular flexibility index (Phi) is 2.60. The van der Waals surface area contributed by atoms with Crippen LogP contribution >= 0.6 is 11.3 Å². The summed E-state index contributed by atoms with van der Waals surface area (Å²) in [5.41, 5.74) is 1.56. The lowest BCUT2D eigenvalue weighted by atomic mass is 10.1. The Labute approximate surface area is 91.6 Å². The van der Waals surface area contributed by atoms with Gasteiger partial charge in [-0.25, -0.2) is 0 Å². The topological polar surface area (TPSA) is 41.8 Å². The van der Waals surface area contributed by atoms with Gasteiger partial charge >= 0.3 is 0 Å². The number of benzene rings is 1. The summed E-state index contributed by atoms with van der Waals surface area (Å²) in [6.45, 7) is 1.78. The van der Waals surface area contributed by atoms with Gasteiger partial charge in [-0.1, -0.05) is 5.16 Å². The molecule has 0 radical (unpaired) electrons. The second kappa shape index (κ2) is 3.90. The quantitative estimate of drug-likeness (QED) is 0.481. The summed E-state index contributed by atoms with van der Waals surface area (Å²) in [4.78, 5) is 0. The molecule has 0 aliphatic rings. The molecule has 3 nitrogen and oxygen atoms in total. The van der Waals surface area contributed by atoms with Gasteiger partial charge in [-0.15, -0.1) is 11.3 Å². The largest absolute Gasteiger partial charge is 0.496 e. The zero-order chi connectivity index (χ0) is 10.8. The van der Waals surface area contributed by atoms with Gasteiger partial charge in [-0.3, -0.25) is 0 Å². The zero-order valence-corrected chi connectivity index (χ0v) is 9.34. The van der Waals surface area contributed by atoms with Gasteiger partial charge < -0.3 is 9.94 Å². The Morgan fingerprint density at radius 2 is 2.20 bits per heavy atom. The molecule has 0 fully saturated rings. The van der Waals surface area contributed by atoms with Crippen molar-refractivity contribution in [1.82, 2.24) is 0 Å². The van der Waals surface area contributed by atoms with Crippen molar-refractivity contribution in [3.05, 3.63) is 29.1 Å². The van der Waals surface area contributed by atoms with E-state index in [9.17, 15) is 0 Å². The number of oxime groups is 1. The highest BCUT2D eigenvalue weighted by atomic mass is 32.1. The molecule has 0 saturated heterocycles. The van der Waals surface area contributed by atoms with E-state index in [-0.39, 0.29) is 0 Å². The van der Waals surface area contributed by atoms with Crippen molar-refractivity contribution >= 4 is 27.1 Å². The van der Waals surface area contributed by atoms with Crippen LogP contribution in [0.15, 0.2) is 28.7 Å². The molecule has 1 heterocycles. The highest BCUT2D eigenvalue weighted by molar-refractivity contribution is 7.17. The molecular weight excluding hydrogens is 210 g/mol. The Hall–Kier alpha value is -1.55. The maximum Gasteiger partial charge on any atom is 0.127 e. The van der Waals surface area contributed by atoms with E-state index in [1.807, 2.05) is 23.6 Å². The minimum absolute atomic E-state index is 0.616. The summed E-state index contributed by atoms with van der Waals surface area (Å²) >= 11 is 1.62. The third kappa shape index (κ3) is 1.57. The number of hydrogen-bond acceptors (Lipinski definition) is 4. The van der Waals surface area contributed by atoms with Crippen LogP contribution in [-0.4, -0.2) is 18.0 Å². The smallest absolute Gasteiger partial charge is 0.127 e. The van der Waals surface area contributed by atoms with Crippen molar-refractivity contribution in [3.8, 4) is 5.75 Å². The molecule has 0 spiro atoms. The average Bonchev–Trinajstić information content (AvgIpc) is 2.75. The van der Waals surface area contributed by atoms with E-state index in [0.29, 0.717) is 5.71 Å². The van der Waals surface area contributed by atoms with Crippen molar-refractivity contribution in [2.75, 3.05) is 7.11 Å². The summed E-state index contributed by atoms with van der Waals surface area (Å²) in [5, 5.41) is 15.1. The summed E-state index contributed by atoms with van der Waals surface area (Å²) < 4.78 is 6.35. The van der Waals surface area contributed by atoms with Crippen LogP contribution in [0.25, 0.3) is 10.1 Å². The average molecular weight is 221 g/mol. The monoisotopic (exact) mass is 221 g/mol. The fourth-order valence-corrected chi connectivity index (χ4v) is 2.53. The van der Waals surface area contributed by atoms with Crippen molar-refractivity contribution in [3.63, 3.8) is 0 Å². The van der Waals surface area contributed by atoms with Crippen LogP contribution in [0.4, 0.5) is 0 Å². The van der Waals surface area contributed by atoms with Gasteiger partial charge in [0.25, 0.3) is 0 Å². The first-order chi connectivity index (χ1) is 7.27. The predicted octanol–water partition coefficient (Wildman–Crippen LogP) is 3.11. The first-order valence-electron chi connectivity index (χ1n) is 4.51. The maximum absolute atomic E-state index is 8.77. The summed E-state index contributed by atoms with van der Waals surface area (Å²) in [6, 6.07) is 5.80. The molecule has 0 unspecified atom stereocenters. The van der Waals surface area contributed by atoms with Crippen LogP contribution < -0.4 is 4.74 Å². The number of rotatable bonds is 2. The summed E-state index contributed by atoms with van der Waals surface area (Å²) in [7, 11) is 1.65. The third-order valence-corrected chi connectivity index (χ3v) is 3.28. The van der Waals surface area contributed by atoms with E-state index in [1.165, 1.54) is 0 Å². The van der Waals surface area contributed by atoms with Crippen LogP contribution in [0.5, 0.6) is 5.75 Å². The Morgan fingerprint density at radius 3 is 2.87 bits per heavy atom. The molecule has 0 aliphatic heterocycles. The lowest BCUT2D eigenvalue weighted by Gasteiger charge is -2.05. The molecular formula is C11H11NO2S. The molecule has 0 bridgehead atoms. The Balaban J connectivity index is 2.74. The minimum atomic E-state index is 0.616. The fourth-order valence-electron chi connectivity index (χ4n) is 1.55. The zero-order valence-electron chi connectivity index (χ0n) is 8.52. The van der Waals surface area contributed by atoms with Crippen molar-refractivity contribution in [1.29, 1.82) is 0 Å². The van der Waals surface area contributed by atoms with Crippen LogP contribution in [0.1, 0.15) is 12.5 Å². The lowest BCUT2D eigenvalue weighted by molar-refractivity contribution is 0.319. The fraction of sp³-hybridized carbons (Fsp3) is 0.182. The SMILES string of the molecule is COc1ccc(C(C)=NO)c2sccc12. The van der Waals surface area contributed by atoms with Gasteiger partial charge in [-0.05, 0) is 30.5 Å². The van der Waals surface area contributed by atoms with E-state index in [1.54, 1.807) is 25.4 Å². The van der Waals surface area contributed by atoms with Gasteiger partial charge in [0, 0.05) is 15.6 Å². The van der Waals surface area contributed by atoms with Gasteiger partial charge in [0.05, 0.1) is 12.8 Å². The van der Waals surface area contributed by atoms with Crippen LogP contribution in [0.2, 0.25) is 0 Å². The Bertz CT molecular complexity index is 516. The molecule has 1 aromatic heterocycles. The van der Waals surface area contributed by atoms with E-state index < -0.39 is 0 Å². The van der Waals surface area contributed by atoms with Gasteiger partial charge in [-0.2, -0.15) is 0 Å². The molecule has 1 aromatic carbocycles. The molecule has 78 valence electrons. The second-order valence-corrected chi connectivity index (χ2v) is 4.08. The van der Waals surface area contributed by atoms with E-state index in [2.05, 4.69) is 5.16 Å². The summed E-state index contributed by atoms with van der Waals surface area (Å²) in [5.74, 6) is 0.848. The van der Waals surface area contributed by atoms with Crippen LogP contribution in [-0.2, 0) is 0 Å². The number of methoxy groups -OCH3 is 1. The van der Waals surface area contributed by atoms with Crippen molar-refractivity contribution in [2.24, 2.45) is 5.16 Å². The first-order valence-corrected chi connectivity index (χ1v) is 5.39. The highest BCUT2D eigenvalue weighted by Gasteiger charge is 2.09. The first kappa shape index (κ1) is 9.98. The maximum atomic E-state index is 8.77. The predicted molar refractivity (Wildman–Crippen MR) is 62.4 cm³/mol. The van der Waals surface area contributed by atoms with E-state index in [0.717, 1.165) is 21.4 Å². The lowest BCUT2D eigenvalue weighted by Crippen LogP contribution is -1.95. The van der Waals surface area contributed by atoms with Gasteiger partial charge in [0.2, 0.25) is 0 Å². The molecule has 15 heavy (non-hydrogen) atoms. The minimum Gasteiger partial charge on any atom is -0.496 e. The third-order valence-electron chi connectivity index (χ3n) is 2.34. The molecule has 2 rings (SSSR count). The van der Waals surface area contributed by atoms with Gasteiger partial charge in [0.15, 0.2) is 0 Å². The Morgan fingerprint density at radius 1 is 1.40 bits per heavy atom. The molecule has 2 aromatic rings. The number of nitrogens with zero attached hydrogens (tertiary/aromatic N) is 1. The van der Waals surface area contributed by atoms with E-state index in [4.69, 9.17) is 9.94 Å². The molecule has 0 saturated carbocycles. The molecule has 0 atom stereocenters.